The molecule has 1 atom stereocenters. The molecule has 0 spiro atoms. The van der Waals surface area contributed by atoms with Crippen LogP contribution in [0.5, 0.6) is 0 Å². The van der Waals surface area contributed by atoms with Gasteiger partial charge in [0.05, 0.1) is 5.54 Å². The molecule has 4 nitrogen and oxygen atoms in total. The first-order valence-electron chi connectivity index (χ1n) is 6.62. The molecule has 0 aliphatic rings. The summed E-state index contributed by atoms with van der Waals surface area (Å²) in [6, 6.07) is 11.1. The normalized spacial score (nSPS) is 13.3. The molecule has 1 heterocycles. The second-order valence-electron chi connectivity index (χ2n) is 4.93. The number of nitrogens with zero attached hydrogens (tertiary/aromatic N) is 2. The van der Waals surface area contributed by atoms with Gasteiger partial charge in [-0.05, 0) is 30.7 Å². The Labute approximate surface area is 129 Å². The molecule has 1 aromatic heterocycles. The zero-order valence-corrected chi connectivity index (χ0v) is 13.1. The van der Waals surface area contributed by atoms with Crippen LogP contribution < -0.4 is 5.32 Å². The maximum atomic E-state index is 12.1. The van der Waals surface area contributed by atoms with Gasteiger partial charge in [0.25, 0.3) is 0 Å². The molecule has 0 unspecified atom stereocenters. The minimum absolute atomic E-state index is 0.170. The van der Waals surface area contributed by atoms with Crippen molar-refractivity contribution in [2.45, 2.75) is 12.5 Å². The summed E-state index contributed by atoms with van der Waals surface area (Å²) < 4.78 is 0. The predicted octanol–water partition coefficient (Wildman–Crippen LogP) is 3.27. The van der Waals surface area contributed by atoms with E-state index >= 15 is 0 Å². The van der Waals surface area contributed by atoms with Crippen LogP contribution in [0.15, 0.2) is 48.8 Å². The first-order chi connectivity index (χ1) is 10.00. The van der Waals surface area contributed by atoms with Crippen LogP contribution in [0.3, 0.4) is 0 Å². The zero-order chi connectivity index (χ0) is 15.5. The summed E-state index contributed by atoms with van der Waals surface area (Å²) in [6.07, 6.45) is 3.49. The fraction of sp³-hybridized carbons (Fsp3) is 0.250. The standard InChI is InChI=1S/C16H18ClN3O/c1-16(20(3)15(21)18-2,13-5-4-10-19-11-13)12-6-8-14(17)9-7-12/h4-11H,1-3H3,(H,18,21)/t16-/m1/s1. The number of hydrogen-bond acceptors (Lipinski definition) is 2. The number of carbonyl (C=O) groups excluding carboxylic acids is 1. The van der Waals surface area contributed by atoms with E-state index in [1.54, 1.807) is 31.4 Å². The number of halogens is 1. The lowest BCUT2D eigenvalue weighted by molar-refractivity contribution is 0.168. The molecular weight excluding hydrogens is 286 g/mol. The topological polar surface area (TPSA) is 45.2 Å². The van der Waals surface area contributed by atoms with Crippen LogP contribution in [-0.4, -0.2) is 30.0 Å². The fourth-order valence-electron chi connectivity index (χ4n) is 2.35. The Morgan fingerprint density at radius 1 is 1.24 bits per heavy atom. The van der Waals surface area contributed by atoms with Gasteiger partial charge in [-0.3, -0.25) is 4.98 Å². The SMILES string of the molecule is CNC(=O)N(C)[C@](C)(c1ccc(Cl)cc1)c1cccnc1. The summed E-state index contributed by atoms with van der Waals surface area (Å²) in [7, 11) is 3.38. The van der Waals surface area contributed by atoms with Gasteiger partial charge in [0, 0.05) is 37.1 Å². The molecule has 0 saturated carbocycles. The quantitative estimate of drug-likeness (QED) is 0.946. The second-order valence-corrected chi connectivity index (χ2v) is 5.37. The Morgan fingerprint density at radius 3 is 2.43 bits per heavy atom. The summed E-state index contributed by atoms with van der Waals surface area (Å²) in [6.45, 7) is 1.99. The number of benzene rings is 1. The van der Waals surface area contributed by atoms with E-state index in [-0.39, 0.29) is 6.03 Å². The summed E-state index contributed by atoms with van der Waals surface area (Å²) in [4.78, 5) is 18.0. The predicted molar refractivity (Wildman–Crippen MR) is 84.4 cm³/mol. The van der Waals surface area contributed by atoms with E-state index in [4.69, 9.17) is 11.6 Å². The number of hydrogen-bond donors (Lipinski definition) is 1. The van der Waals surface area contributed by atoms with Gasteiger partial charge in [-0.2, -0.15) is 0 Å². The number of rotatable bonds is 3. The van der Waals surface area contributed by atoms with Crippen LogP contribution in [0.4, 0.5) is 4.79 Å². The molecular formula is C16H18ClN3O. The molecule has 2 amide bonds. The summed E-state index contributed by atoms with van der Waals surface area (Å²) in [5.41, 5.74) is 1.25. The van der Waals surface area contributed by atoms with Crippen molar-refractivity contribution in [2.75, 3.05) is 14.1 Å². The van der Waals surface area contributed by atoms with E-state index in [0.717, 1.165) is 11.1 Å². The second kappa shape index (κ2) is 6.14. The van der Waals surface area contributed by atoms with Crippen LogP contribution in [0, 0.1) is 0 Å². The molecule has 5 heteroatoms. The minimum Gasteiger partial charge on any atom is -0.341 e. The highest BCUT2D eigenvalue weighted by Crippen LogP contribution is 2.34. The van der Waals surface area contributed by atoms with Gasteiger partial charge in [-0.15, -0.1) is 0 Å². The minimum atomic E-state index is -0.640. The zero-order valence-electron chi connectivity index (χ0n) is 12.3. The molecule has 0 saturated heterocycles. The van der Waals surface area contributed by atoms with Crippen molar-refractivity contribution in [2.24, 2.45) is 0 Å². The van der Waals surface area contributed by atoms with Crippen LogP contribution in [-0.2, 0) is 5.54 Å². The molecule has 1 N–H and O–H groups in total. The highest BCUT2D eigenvalue weighted by Gasteiger charge is 2.36. The Bertz CT molecular complexity index is 615. The maximum absolute atomic E-state index is 12.1. The third-order valence-electron chi connectivity index (χ3n) is 3.82. The van der Waals surface area contributed by atoms with Crippen LogP contribution >= 0.6 is 11.6 Å². The largest absolute Gasteiger partial charge is 0.341 e. The van der Waals surface area contributed by atoms with Gasteiger partial charge in [-0.1, -0.05) is 29.8 Å². The smallest absolute Gasteiger partial charge is 0.317 e. The Morgan fingerprint density at radius 2 is 1.90 bits per heavy atom. The van der Waals surface area contributed by atoms with Crippen molar-refractivity contribution in [1.82, 2.24) is 15.2 Å². The number of urea groups is 1. The van der Waals surface area contributed by atoms with Gasteiger partial charge in [0.2, 0.25) is 0 Å². The fourth-order valence-corrected chi connectivity index (χ4v) is 2.48. The Kier molecular flexibility index (Phi) is 4.48. The molecule has 2 aromatic rings. The van der Waals surface area contributed by atoms with Gasteiger partial charge in [-0.25, -0.2) is 4.79 Å². The molecule has 0 aliphatic carbocycles. The summed E-state index contributed by atoms with van der Waals surface area (Å²) in [5.74, 6) is 0. The highest BCUT2D eigenvalue weighted by atomic mass is 35.5. The number of aromatic nitrogens is 1. The molecule has 21 heavy (non-hydrogen) atoms. The molecule has 2 rings (SSSR count). The van der Waals surface area contributed by atoms with Crippen molar-refractivity contribution in [3.05, 3.63) is 64.9 Å². The number of amides is 2. The monoisotopic (exact) mass is 303 g/mol. The number of pyridine rings is 1. The van der Waals surface area contributed by atoms with Crippen LogP contribution in [0.25, 0.3) is 0 Å². The lowest BCUT2D eigenvalue weighted by atomic mass is 9.84. The van der Waals surface area contributed by atoms with Gasteiger partial charge >= 0.3 is 6.03 Å². The Hall–Kier alpha value is -2.07. The first-order valence-corrected chi connectivity index (χ1v) is 7.00. The lowest BCUT2D eigenvalue weighted by Crippen LogP contribution is -2.49. The van der Waals surface area contributed by atoms with Crippen molar-refractivity contribution < 1.29 is 4.79 Å². The van der Waals surface area contributed by atoms with E-state index in [1.807, 2.05) is 43.3 Å². The Balaban J connectivity index is 2.59. The first kappa shape index (κ1) is 15.3. The van der Waals surface area contributed by atoms with Gasteiger partial charge < -0.3 is 10.2 Å². The molecule has 110 valence electrons. The number of carbonyl (C=O) groups is 1. The highest BCUT2D eigenvalue weighted by molar-refractivity contribution is 6.30. The van der Waals surface area contributed by atoms with E-state index in [2.05, 4.69) is 10.3 Å². The maximum Gasteiger partial charge on any atom is 0.317 e. The molecule has 0 fully saturated rings. The van der Waals surface area contributed by atoms with E-state index in [9.17, 15) is 4.79 Å². The van der Waals surface area contributed by atoms with Crippen LogP contribution in [0.2, 0.25) is 5.02 Å². The summed E-state index contributed by atoms with van der Waals surface area (Å²) >= 11 is 5.97. The molecule has 0 bridgehead atoms. The van der Waals surface area contributed by atoms with Crippen molar-refractivity contribution in [1.29, 1.82) is 0 Å². The van der Waals surface area contributed by atoms with Gasteiger partial charge in [0.15, 0.2) is 0 Å². The summed E-state index contributed by atoms with van der Waals surface area (Å²) in [5, 5.41) is 3.32. The third-order valence-corrected chi connectivity index (χ3v) is 4.07. The average Bonchev–Trinajstić information content (AvgIpc) is 2.54. The van der Waals surface area contributed by atoms with E-state index in [1.165, 1.54) is 0 Å². The molecule has 1 aromatic carbocycles. The van der Waals surface area contributed by atoms with E-state index in [0.29, 0.717) is 5.02 Å². The average molecular weight is 304 g/mol. The van der Waals surface area contributed by atoms with Crippen molar-refractivity contribution in [3.8, 4) is 0 Å². The lowest BCUT2D eigenvalue weighted by Gasteiger charge is -2.39. The molecule has 0 aliphatic heterocycles. The van der Waals surface area contributed by atoms with Crippen molar-refractivity contribution >= 4 is 17.6 Å². The number of nitrogens with one attached hydrogen (secondary N) is 1. The van der Waals surface area contributed by atoms with Gasteiger partial charge in [0.1, 0.15) is 0 Å². The molecule has 0 radical (unpaired) electrons. The van der Waals surface area contributed by atoms with Crippen molar-refractivity contribution in [3.63, 3.8) is 0 Å². The third kappa shape index (κ3) is 2.85. The van der Waals surface area contributed by atoms with Crippen LogP contribution in [0.1, 0.15) is 18.1 Å². The van der Waals surface area contributed by atoms with E-state index < -0.39 is 5.54 Å².